The van der Waals surface area contributed by atoms with Gasteiger partial charge in [0.25, 0.3) is 0 Å². The quantitative estimate of drug-likeness (QED) is 0.820. The van der Waals surface area contributed by atoms with Crippen LogP contribution in [0.4, 0.5) is 19.0 Å². The standard InChI is InChI=1S/C8H8BrF3N2/c1-14(5-8(10,11)12)7-3-2-6(9)4-13-7/h2-4H,5H2,1H3. The van der Waals surface area contributed by atoms with E-state index in [4.69, 9.17) is 0 Å². The second kappa shape index (κ2) is 4.16. The van der Waals surface area contributed by atoms with Crippen LogP contribution in [0.2, 0.25) is 0 Å². The highest BCUT2D eigenvalue weighted by molar-refractivity contribution is 9.10. The maximum Gasteiger partial charge on any atom is 0.405 e. The predicted molar refractivity (Wildman–Crippen MR) is 51.3 cm³/mol. The largest absolute Gasteiger partial charge is 0.405 e. The summed E-state index contributed by atoms with van der Waals surface area (Å²) in [5, 5.41) is 0. The molecule has 0 radical (unpaired) electrons. The summed E-state index contributed by atoms with van der Waals surface area (Å²) >= 11 is 3.15. The van der Waals surface area contributed by atoms with Gasteiger partial charge in [0, 0.05) is 17.7 Å². The van der Waals surface area contributed by atoms with E-state index in [2.05, 4.69) is 20.9 Å². The Morgan fingerprint density at radius 2 is 2.07 bits per heavy atom. The van der Waals surface area contributed by atoms with E-state index in [1.165, 1.54) is 19.3 Å². The van der Waals surface area contributed by atoms with Crippen LogP contribution in [0.5, 0.6) is 0 Å². The monoisotopic (exact) mass is 268 g/mol. The molecule has 14 heavy (non-hydrogen) atoms. The summed E-state index contributed by atoms with van der Waals surface area (Å²) in [5.74, 6) is 0.297. The van der Waals surface area contributed by atoms with E-state index in [0.29, 0.717) is 5.82 Å². The molecule has 0 bridgehead atoms. The van der Waals surface area contributed by atoms with Crippen molar-refractivity contribution in [1.29, 1.82) is 0 Å². The smallest absolute Gasteiger partial charge is 0.351 e. The molecular weight excluding hydrogens is 261 g/mol. The molecule has 1 aromatic rings. The van der Waals surface area contributed by atoms with Crippen LogP contribution in [0, 0.1) is 0 Å². The van der Waals surface area contributed by atoms with Gasteiger partial charge in [-0.1, -0.05) is 0 Å². The highest BCUT2D eigenvalue weighted by Gasteiger charge is 2.29. The summed E-state index contributed by atoms with van der Waals surface area (Å²) in [6.07, 6.45) is -2.74. The fourth-order valence-corrected chi connectivity index (χ4v) is 1.18. The van der Waals surface area contributed by atoms with E-state index in [1.807, 2.05) is 0 Å². The zero-order valence-electron chi connectivity index (χ0n) is 7.35. The third-order valence-electron chi connectivity index (χ3n) is 1.52. The second-order valence-corrected chi connectivity index (χ2v) is 3.72. The number of pyridine rings is 1. The molecule has 0 fully saturated rings. The molecule has 0 aliphatic rings. The normalized spacial score (nSPS) is 11.5. The Labute approximate surface area is 87.9 Å². The van der Waals surface area contributed by atoms with Gasteiger partial charge >= 0.3 is 6.18 Å². The highest BCUT2D eigenvalue weighted by Crippen LogP contribution is 2.20. The molecule has 0 aromatic carbocycles. The average Bonchev–Trinajstić information content (AvgIpc) is 2.02. The van der Waals surface area contributed by atoms with Crippen LogP contribution in [0.3, 0.4) is 0 Å². The molecule has 1 rings (SSSR count). The first-order valence-corrected chi connectivity index (χ1v) is 4.57. The molecule has 0 spiro atoms. The van der Waals surface area contributed by atoms with Crippen LogP contribution in [-0.4, -0.2) is 24.8 Å². The Bertz CT molecular complexity index is 296. The number of rotatable bonds is 2. The van der Waals surface area contributed by atoms with Gasteiger partial charge in [0.2, 0.25) is 0 Å². The van der Waals surface area contributed by atoms with Crippen molar-refractivity contribution in [1.82, 2.24) is 4.98 Å². The zero-order chi connectivity index (χ0) is 10.8. The SMILES string of the molecule is CN(CC(F)(F)F)c1ccc(Br)cn1. The van der Waals surface area contributed by atoms with Crippen LogP contribution >= 0.6 is 15.9 Å². The zero-order valence-corrected chi connectivity index (χ0v) is 8.93. The molecule has 0 atom stereocenters. The molecule has 1 aromatic heterocycles. The Kier molecular flexibility index (Phi) is 3.36. The molecule has 0 saturated carbocycles. The molecule has 0 N–H and O–H groups in total. The molecule has 0 aliphatic carbocycles. The lowest BCUT2D eigenvalue weighted by Crippen LogP contribution is -2.31. The van der Waals surface area contributed by atoms with Crippen LogP contribution in [0.15, 0.2) is 22.8 Å². The minimum Gasteiger partial charge on any atom is -0.351 e. The van der Waals surface area contributed by atoms with Gasteiger partial charge in [0.15, 0.2) is 0 Å². The van der Waals surface area contributed by atoms with Crippen molar-refractivity contribution in [3.63, 3.8) is 0 Å². The molecule has 0 aliphatic heterocycles. The molecule has 0 unspecified atom stereocenters. The molecule has 78 valence electrons. The van der Waals surface area contributed by atoms with E-state index in [-0.39, 0.29) is 0 Å². The van der Waals surface area contributed by atoms with Crippen LogP contribution in [-0.2, 0) is 0 Å². The van der Waals surface area contributed by atoms with Crippen molar-refractivity contribution >= 4 is 21.7 Å². The highest BCUT2D eigenvalue weighted by atomic mass is 79.9. The van der Waals surface area contributed by atoms with Crippen molar-refractivity contribution < 1.29 is 13.2 Å². The van der Waals surface area contributed by atoms with Gasteiger partial charge in [-0.15, -0.1) is 0 Å². The van der Waals surface area contributed by atoms with Gasteiger partial charge in [-0.2, -0.15) is 13.2 Å². The van der Waals surface area contributed by atoms with Crippen molar-refractivity contribution in [3.8, 4) is 0 Å². The summed E-state index contributed by atoms with van der Waals surface area (Å²) in [5.41, 5.74) is 0. The first-order valence-electron chi connectivity index (χ1n) is 3.78. The van der Waals surface area contributed by atoms with Gasteiger partial charge in [0.05, 0.1) is 0 Å². The Morgan fingerprint density at radius 1 is 1.43 bits per heavy atom. The molecule has 6 heteroatoms. The summed E-state index contributed by atoms with van der Waals surface area (Å²) in [7, 11) is 1.35. The number of aromatic nitrogens is 1. The fraction of sp³-hybridized carbons (Fsp3) is 0.375. The minimum absolute atomic E-state index is 0.297. The van der Waals surface area contributed by atoms with Crippen LogP contribution in [0.1, 0.15) is 0 Å². The van der Waals surface area contributed by atoms with Gasteiger partial charge in [-0.3, -0.25) is 0 Å². The van der Waals surface area contributed by atoms with Gasteiger partial charge < -0.3 is 4.90 Å². The maximum absolute atomic E-state index is 12.0. The molecule has 2 nitrogen and oxygen atoms in total. The number of anilines is 1. The van der Waals surface area contributed by atoms with E-state index >= 15 is 0 Å². The van der Waals surface area contributed by atoms with Crippen LogP contribution in [0.25, 0.3) is 0 Å². The minimum atomic E-state index is -4.20. The lowest BCUT2D eigenvalue weighted by Gasteiger charge is -2.19. The van der Waals surface area contributed by atoms with Crippen molar-refractivity contribution in [3.05, 3.63) is 22.8 Å². The molecule has 0 amide bonds. The molecule has 0 saturated heterocycles. The lowest BCUT2D eigenvalue weighted by atomic mass is 10.4. The third-order valence-corrected chi connectivity index (χ3v) is 1.99. The number of nitrogens with zero attached hydrogens (tertiary/aromatic N) is 2. The summed E-state index contributed by atoms with van der Waals surface area (Å²) in [4.78, 5) is 4.89. The first-order chi connectivity index (χ1) is 6.38. The van der Waals surface area contributed by atoms with E-state index in [0.717, 1.165) is 9.37 Å². The fourth-order valence-electron chi connectivity index (χ4n) is 0.944. The van der Waals surface area contributed by atoms with E-state index in [9.17, 15) is 13.2 Å². The van der Waals surface area contributed by atoms with Crippen LogP contribution < -0.4 is 4.90 Å². The van der Waals surface area contributed by atoms with Gasteiger partial charge in [-0.25, -0.2) is 4.98 Å². The van der Waals surface area contributed by atoms with Gasteiger partial charge in [0.1, 0.15) is 12.4 Å². The maximum atomic E-state index is 12.0. The number of hydrogen-bond donors (Lipinski definition) is 0. The summed E-state index contributed by atoms with van der Waals surface area (Å²) < 4.78 is 36.7. The average molecular weight is 269 g/mol. The van der Waals surface area contributed by atoms with E-state index < -0.39 is 12.7 Å². The third kappa shape index (κ3) is 3.53. The molecule has 1 heterocycles. The Balaban J connectivity index is 2.70. The second-order valence-electron chi connectivity index (χ2n) is 2.81. The Hall–Kier alpha value is -0.780. The van der Waals surface area contributed by atoms with E-state index in [1.54, 1.807) is 6.07 Å². The van der Waals surface area contributed by atoms with Crippen molar-refractivity contribution in [2.45, 2.75) is 6.18 Å². The van der Waals surface area contributed by atoms with Crippen molar-refractivity contribution in [2.24, 2.45) is 0 Å². The summed E-state index contributed by atoms with van der Waals surface area (Å²) in [6.45, 7) is -0.998. The first kappa shape index (κ1) is 11.3. The number of hydrogen-bond acceptors (Lipinski definition) is 2. The summed E-state index contributed by atoms with van der Waals surface area (Å²) in [6, 6.07) is 3.17. The Morgan fingerprint density at radius 3 is 2.50 bits per heavy atom. The predicted octanol–water partition coefficient (Wildman–Crippen LogP) is 2.84. The number of alkyl halides is 3. The van der Waals surface area contributed by atoms with Gasteiger partial charge in [-0.05, 0) is 28.1 Å². The topological polar surface area (TPSA) is 16.1 Å². The lowest BCUT2D eigenvalue weighted by molar-refractivity contribution is -0.119. The number of halogens is 4. The van der Waals surface area contributed by atoms with Crippen molar-refractivity contribution in [2.75, 3.05) is 18.5 Å². The molecular formula is C8H8BrF3N2.